The number of nitrogens with one attached hydrogen (secondary N) is 1. The van der Waals surface area contributed by atoms with Crippen molar-refractivity contribution >= 4 is 33.4 Å². The number of nitrogens with zero attached hydrogens (tertiary/aromatic N) is 4. The van der Waals surface area contributed by atoms with Crippen LogP contribution < -0.4 is 15.0 Å². The van der Waals surface area contributed by atoms with E-state index in [0.717, 1.165) is 51.7 Å². The lowest BCUT2D eigenvalue weighted by Crippen LogP contribution is -2.51. The van der Waals surface area contributed by atoms with Crippen LogP contribution >= 0.6 is 0 Å². The van der Waals surface area contributed by atoms with Crippen molar-refractivity contribution < 1.29 is 14.6 Å². The van der Waals surface area contributed by atoms with Gasteiger partial charge in [0.15, 0.2) is 6.61 Å². The number of piperazine rings is 1. The van der Waals surface area contributed by atoms with Crippen LogP contribution in [-0.4, -0.2) is 71.8 Å². The number of amides is 1. The molecule has 2 saturated heterocycles. The summed E-state index contributed by atoms with van der Waals surface area (Å²) in [5.74, 6) is 0.896. The summed E-state index contributed by atoms with van der Waals surface area (Å²) in [6.45, 7) is 1.62. The van der Waals surface area contributed by atoms with Crippen LogP contribution in [0.2, 0.25) is 0 Å². The Bertz CT molecular complexity index is 1460. The quantitative estimate of drug-likeness (QED) is 0.449. The Balaban J connectivity index is 1.46. The van der Waals surface area contributed by atoms with E-state index in [1.807, 2.05) is 24.3 Å². The van der Waals surface area contributed by atoms with Crippen LogP contribution in [0.15, 0.2) is 54.6 Å². The summed E-state index contributed by atoms with van der Waals surface area (Å²) in [6, 6.07) is 18.8. The molecule has 8 heteroatoms. The maximum atomic E-state index is 12.2. The molecule has 3 aromatic carbocycles. The summed E-state index contributed by atoms with van der Waals surface area (Å²) in [6.07, 6.45) is 2.33. The zero-order valence-corrected chi connectivity index (χ0v) is 20.4. The second kappa shape index (κ2) is 8.95. The van der Waals surface area contributed by atoms with E-state index in [9.17, 15) is 9.90 Å². The molecule has 6 rings (SSSR count). The number of rotatable bonds is 5. The maximum absolute atomic E-state index is 12.2. The van der Waals surface area contributed by atoms with Crippen molar-refractivity contribution in [2.45, 2.75) is 24.9 Å². The second-order valence-electron chi connectivity index (χ2n) is 9.90. The van der Waals surface area contributed by atoms with Crippen molar-refractivity contribution in [1.29, 1.82) is 0 Å². The van der Waals surface area contributed by atoms with E-state index in [0.29, 0.717) is 12.1 Å². The summed E-state index contributed by atoms with van der Waals surface area (Å²) in [4.78, 5) is 25.4. The Morgan fingerprint density at radius 2 is 1.83 bits per heavy atom. The van der Waals surface area contributed by atoms with Crippen LogP contribution in [0.25, 0.3) is 32.8 Å². The predicted octanol–water partition coefficient (Wildman–Crippen LogP) is 3.56. The fraction of sp³-hybridized carbons (Fsp3) is 0.321. The molecule has 4 aromatic rings. The molecule has 2 unspecified atom stereocenters. The van der Waals surface area contributed by atoms with Crippen LogP contribution in [0.5, 0.6) is 11.8 Å². The molecule has 8 nitrogen and oxygen atoms in total. The Kier molecular flexibility index (Phi) is 5.60. The minimum absolute atomic E-state index is 0.123. The predicted molar refractivity (Wildman–Crippen MR) is 140 cm³/mol. The number of phenols is 1. The normalized spacial score (nSPS) is 19.1. The number of fused-ring (bicyclic) bond motifs is 4. The van der Waals surface area contributed by atoms with Crippen molar-refractivity contribution in [2.24, 2.45) is 0 Å². The third-order valence-electron chi connectivity index (χ3n) is 7.15. The first-order chi connectivity index (χ1) is 17.4. The molecule has 2 fully saturated rings. The molecule has 0 radical (unpaired) electrons. The van der Waals surface area contributed by atoms with Gasteiger partial charge in [-0.15, -0.1) is 0 Å². The van der Waals surface area contributed by atoms with Gasteiger partial charge in [-0.25, -0.2) is 0 Å². The summed E-state index contributed by atoms with van der Waals surface area (Å²) >= 11 is 0. The third-order valence-corrected chi connectivity index (χ3v) is 7.15. The van der Waals surface area contributed by atoms with Crippen molar-refractivity contribution in [2.75, 3.05) is 38.7 Å². The number of benzene rings is 3. The number of aromatic hydroxyl groups is 1. The molecule has 2 N–H and O–H groups in total. The number of anilines is 1. The monoisotopic (exact) mass is 483 g/mol. The average Bonchev–Trinajstić information content (AvgIpc) is 3.22. The molecule has 3 heterocycles. The molecular formula is C28H29N5O3. The molecule has 184 valence electrons. The van der Waals surface area contributed by atoms with Gasteiger partial charge in [-0.1, -0.05) is 30.3 Å². The summed E-state index contributed by atoms with van der Waals surface area (Å²) in [7, 11) is 3.39. The van der Waals surface area contributed by atoms with Crippen LogP contribution in [0.1, 0.15) is 12.8 Å². The maximum Gasteiger partial charge on any atom is 0.319 e. The molecule has 0 aliphatic carbocycles. The highest BCUT2D eigenvalue weighted by Crippen LogP contribution is 2.36. The van der Waals surface area contributed by atoms with E-state index in [4.69, 9.17) is 14.7 Å². The van der Waals surface area contributed by atoms with Gasteiger partial charge in [0.2, 0.25) is 0 Å². The lowest BCUT2D eigenvalue weighted by molar-refractivity contribution is -0.130. The summed E-state index contributed by atoms with van der Waals surface area (Å²) in [5, 5.41) is 17.0. The van der Waals surface area contributed by atoms with Gasteiger partial charge in [0.1, 0.15) is 11.6 Å². The molecule has 1 aromatic heterocycles. The number of hydrogen-bond donors (Lipinski definition) is 2. The molecule has 0 saturated carbocycles. The second-order valence-corrected chi connectivity index (χ2v) is 9.90. The fourth-order valence-electron chi connectivity index (χ4n) is 5.32. The van der Waals surface area contributed by atoms with Gasteiger partial charge < -0.3 is 25.0 Å². The summed E-state index contributed by atoms with van der Waals surface area (Å²) in [5.41, 5.74) is 2.61. The standard InChI is InChI=1S/C28H29N5O3/c1-32(2)26(35)16-36-28-30-25-12-18(24-13-21(34)11-17-5-3-4-6-22(17)24)7-10-23(25)27(31-28)33-14-19-8-9-20(15-33)29-19/h3-7,10-13,19-20,29,34H,8-9,14-16H2,1-2H3. The van der Waals surface area contributed by atoms with Crippen molar-refractivity contribution in [3.8, 4) is 22.9 Å². The average molecular weight is 484 g/mol. The van der Waals surface area contributed by atoms with Crippen molar-refractivity contribution in [3.63, 3.8) is 0 Å². The molecule has 2 atom stereocenters. The first-order valence-electron chi connectivity index (χ1n) is 12.3. The smallest absolute Gasteiger partial charge is 0.319 e. The van der Waals surface area contributed by atoms with Gasteiger partial charge in [-0.05, 0) is 59.0 Å². The van der Waals surface area contributed by atoms with Crippen molar-refractivity contribution in [1.82, 2.24) is 20.2 Å². The molecule has 0 spiro atoms. The lowest BCUT2D eigenvalue weighted by atomic mass is 9.97. The van der Waals surface area contributed by atoms with Crippen LogP contribution in [0.3, 0.4) is 0 Å². The van der Waals surface area contributed by atoms with E-state index in [-0.39, 0.29) is 24.3 Å². The first-order valence-corrected chi connectivity index (χ1v) is 12.3. The number of phenolic OH excluding ortho intramolecular Hbond substituents is 1. The fourth-order valence-corrected chi connectivity index (χ4v) is 5.32. The Morgan fingerprint density at radius 3 is 2.61 bits per heavy atom. The SMILES string of the molecule is CN(C)C(=O)COc1nc(N2CC3CCC(C2)N3)c2ccc(-c3cc(O)cc4ccccc34)cc2n1. The lowest BCUT2D eigenvalue weighted by Gasteiger charge is -2.34. The van der Waals surface area contributed by atoms with Crippen molar-refractivity contribution in [3.05, 3.63) is 54.6 Å². The minimum atomic E-state index is -0.152. The number of ether oxygens (including phenoxy) is 1. The highest BCUT2D eigenvalue weighted by atomic mass is 16.5. The molecule has 1 amide bonds. The van der Waals surface area contributed by atoms with Gasteiger partial charge in [0.05, 0.1) is 5.52 Å². The minimum Gasteiger partial charge on any atom is -0.508 e. The molecule has 2 bridgehead atoms. The van der Waals surface area contributed by atoms with E-state index in [1.54, 1.807) is 26.2 Å². The number of carbonyl (C=O) groups is 1. The van der Waals surface area contributed by atoms with E-state index >= 15 is 0 Å². The Morgan fingerprint density at radius 1 is 1.06 bits per heavy atom. The van der Waals surface area contributed by atoms with Crippen LogP contribution in [0, 0.1) is 0 Å². The Hall–Kier alpha value is -3.91. The van der Waals surface area contributed by atoms with E-state index in [1.165, 1.54) is 17.7 Å². The number of carbonyl (C=O) groups excluding carboxylic acids is 1. The first kappa shape index (κ1) is 22.5. The van der Waals surface area contributed by atoms with Gasteiger partial charge in [0.25, 0.3) is 5.91 Å². The Labute approximate surface area is 209 Å². The van der Waals surface area contributed by atoms with Crippen LogP contribution in [0.4, 0.5) is 5.82 Å². The topological polar surface area (TPSA) is 90.8 Å². The van der Waals surface area contributed by atoms with E-state index < -0.39 is 0 Å². The largest absolute Gasteiger partial charge is 0.508 e. The zero-order valence-electron chi connectivity index (χ0n) is 20.4. The number of aromatic nitrogens is 2. The number of hydrogen-bond acceptors (Lipinski definition) is 7. The van der Waals surface area contributed by atoms with Gasteiger partial charge in [-0.2, -0.15) is 9.97 Å². The third kappa shape index (κ3) is 4.18. The molecule has 2 aliphatic rings. The van der Waals surface area contributed by atoms with Gasteiger partial charge >= 0.3 is 6.01 Å². The van der Waals surface area contributed by atoms with E-state index in [2.05, 4.69) is 28.4 Å². The molecule has 36 heavy (non-hydrogen) atoms. The highest BCUT2D eigenvalue weighted by molar-refractivity contribution is 6.01. The zero-order chi connectivity index (χ0) is 24.8. The van der Waals surface area contributed by atoms with Gasteiger partial charge in [-0.3, -0.25) is 4.79 Å². The highest BCUT2D eigenvalue weighted by Gasteiger charge is 2.33. The molecular weight excluding hydrogens is 454 g/mol. The van der Waals surface area contributed by atoms with Crippen LogP contribution in [-0.2, 0) is 4.79 Å². The van der Waals surface area contributed by atoms with Gasteiger partial charge in [0, 0.05) is 44.7 Å². The molecule has 2 aliphatic heterocycles. The summed E-state index contributed by atoms with van der Waals surface area (Å²) < 4.78 is 5.78. The number of likely N-dealkylation sites (N-methyl/N-ethyl adjacent to an activating group) is 1.